The summed E-state index contributed by atoms with van der Waals surface area (Å²) in [4.78, 5) is 10.4. The molecule has 0 spiro atoms. The van der Waals surface area contributed by atoms with Crippen molar-refractivity contribution in [3.05, 3.63) is 33.9 Å². The number of nitro groups is 1. The number of hydrogen-bond acceptors (Lipinski definition) is 4. The molecule has 2 rings (SSSR count). The van der Waals surface area contributed by atoms with Crippen molar-refractivity contribution in [2.24, 2.45) is 0 Å². The molecule has 0 aliphatic heterocycles. The molecule has 1 aliphatic carbocycles. The first-order valence-corrected chi connectivity index (χ1v) is 5.70. The first kappa shape index (κ1) is 11.9. The van der Waals surface area contributed by atoms with Crippen LogP contribution in [0.4, 0.5) is 11.4 Å². The van der Waals surface area contributed by atoms with Crippen LogP contribution in [0.25, 0.3) is 0 Å². The Labute approximate surface area is 99.6 Å². The lowest BCUT2D eigenvalue weighted by molar-refractivity contribution is -0.385. The number of aliphatic hydroxyl groups excluding tert-OH is 1. The lowest BCUT2D eigenvalue weighted by Gasteiger charge is -2.41. The number of aryl methyl sites for hydroxylation is 1. The third-order valence-electron chi connectivity index (χ3n) is 3.43. The van der Waals surface area contributed by atoms with Gasteiger partial charge in [-0.2, -0.15) is 0 Å². The van der Waals surface area contributed by atoms with Crippen LogP contribution in [0.1, 0.15) is 24.8 Å². The van der Waals surface area contributed by atoms with E-state index in [4.69, 9.17) is 0 Å². The van der Waals surface area contributed by atoms with E-state index in [2.05, 4.69) is 5.32 Å². The van der Waals surface area contributed by atoms with E-state index < -0.39 is 0 Å². The Morgan fingerprint density at radius 2 is 2.24 bits per heavy atom. The van der Waals surface area contributed by atoms with Gasteiger partial charge < -0.3 is 10.4 Å². The van der Waals surface area contributed by atoms with Crippen LogP contribution >= 0.6 is 0 Å². The molecule has 0 amide bonds. The molecule has 17 heavy (non-hydrogen) atoms. The van der Waals surface area contributed by atoms with Crippen LogP contribution in [0.2, 0.25) is 0 Å². The maximum atomic E-state index is 10.8. The maximum Gasteiger partial charge on any atom is 0.274 e. The van der Waals surface area contributed by atoms with Gasteiger partial charge in [-0.3, -0.25) is 10.1 Å². The quantitative estimate of drug-likeness (QED) is 0.621. The monoisotopic (exact) mass is 236 g/mol. The second-order valence-corrected chi connectivity index (χ2v) is 4.68. The van der Waals surface area contributed by atoms with Gasteiger partial charge in [-0.1, -0.05) is 6.07 Å². The second-order valence-electron chi connectivity index (χ2n) is 4.68. The molecule has 1 aliphatic rings. The Hall–Kier alpha value is -1.62. The second kappa shape index (κ2) is 4.33. The highest BCUT2D eigenvalue weighted by Gasteiger charge is 2.36. The molecule has 0 atom stereocenters. The summed E-state index contributed by atoms with van der Waals surface area (Å²) >= 11 is 0. The first-order chi connectivity index (χ1) is 8.06. The van der Waals surface area contributed by atoms with Gasteiger partial charge in [0.15, 0.2) is 0 Å². The Balaban J connectivity index is 2.22. The van der Waals surface area contributed by atoms with E-state index >= 15 is 0 Å². The molecule has 1 aromatic carbocycles. The standard InChI is InChI=1S/C12H16N2O3/c1-9-3-4-10(7-11(9)14(16)17)13-12(8-15)5-2-6-12/h3-4,7,13,15H,2,5-6,8H2,1H3. The van der Waals surface area contributed by atoms with Crippen molar-refractivity contribution in [2.45, 2.75) is 31.7 Å². The van der Waals surface area contributed by atoms with E-state index in [1.165, 1.54) is 6.07 Å². The molecule has 5 nitrogen and oxygen atoms in total. The number of nitro benzene ring substituents is 1. The summed E-state index contributed by atoms with van der Waals surface area (Å²) in [5.74, 6) is 0. The van der Waals surface area contributed by atoms with Crippen LogP contribution in [0.15, 0.2) is 18.2 Å². The minimum Gasteiger partial charge on any atom is -0.394 e. The van der Waals surface area contributed by atoms with Gasteiger partial charge in [0.2, 0.25) is 0 Å². The molecule has 0 radical (unpaired) electrons. The largest absolute Gasteiger partial charge is 0.394 e. The van der Waals surface area contributed by atoms with Crippen LogP contribution in [-0.4, -0.2) is 22.2 Å². The molecule has 1 fully saturated rings. The van der Waals surface area contributed by atoms with Crippen molar-refractivity contribution in [1.29, 1.82) is 0 Å². The topological polar surface area (TPSA) is 75.4 Å². The zero-order valence-electron chi connectivity index (χ0n) is 9.77. The summed E-state index contributed by atoms with van der Waals surface area (Å²) in [6.07, 6.45) is 2.90. The molecule has 0 aromatic heterocycles. The average Bonchev–Trinajstić information content (AvgIpc) is 2.25. The van der Waals surface area contributed by atoms with E-state index in [1.54, 1.807) is 13.0 Å². The van der Waals surface area contributed by atoms with Crippen LogP contribution < -0.4 is 5.32 Å². The molecular formula is C12H16N2O3. The van der Waals surface area contributed by atoms with E-state index in [0.29, 0.717) is 11.3 Å². The van der Waals surface area contributed by atoms with Crippen molar-refractivity contribution in [1.82, 2.24) is 0 Å². The fourth-order valence-electron chi connectivity index (χ4n) is 2.12. The van der Waals surface area contributed by atoms with Crippen molar-refractivity contribution >= 4 is 11.4 Å². The summed E-state index contributed by atoms with van der Waals surface area (Å²) in [6.45, 7) is 1.78. The Kier molecular flexibility index (Phi) is 3.02. The van der Waals surface area contributed by atoms with Gasteiger partial charge in [0.05, 0.1) is 17.1 Å². The van der Waals surface area contributed by atoms with Crippen LogP contribution in [0.3, 0.4) is 0 Å². The number of rotatable bonds is 4. The summed E-state index contributed by atoms with van der Waals surface area (Å²) < 4.78 is 0. The summed E-state index contributed by atoms with van der Waals surface area (Å²) in [5.41, 5.74) is 1.19. The van der Waals surface area contributed by atoms with E-state index in [1.807, 2.05) is 6.07 Å². The lowest BCUT2D eigenvalue weighted by Crippen LogP contribution is -2.48. The number of aliphatic hydroxyl groups is 1. The highest BCUT2D eigenvalue weighted by atomic mass is 16.6. The predicted octanol–water partition coefficient (Wildman–Crippen LogP) is 2.23. The summed E-state index contributed by atoms with van der Waals surface area (Å²) in [6, 6.07) is 5.08. The minimum absolute atomic E-state index is 0.0642. The third-order valence-corrected chi connectivity index (χ3v) is 3.43. The SMILES string of the molecule is Cc1ccc(NC2(CO)CCC2)cc1[N+](=O)[O-]. The van der Waals surface area contributed by atoms with Gasteiger partial charge in [-0.05, 0) is 32.3 Å². The molecule has 2 N–H and O–H groups in total. The molecule has 0 unspecified atom stereocenters. The highest BCUT2D eigenvalue weighted by molar-refractivity contribution is 5.56. The van der Waals surface area contributed by atoms with Crippen LogP contribution in [0.5, 0.6) is 0 Å². The summed E-state index contributed by atoms with van der Waals surface area (Å²) in [5, 5.41) is 23.4. The molecule has 92 valence electrons. The van der Waals surface area contributed by atoms with Crippen LogP contribution in [-0.2, 0) is 0 Å². The number of benzene rings is 1. The molecular weight excluding hydrogens is 220 g/mol. The molecule has 1 aromatic rings. The average molecular weight is 236 g/mol. The first-order valence-electron chi connectivity index (χ1n) is 5.70. The molecule has 0 saturated heterocycles. The highest BCUT2D eigenvalue weighted by Crippen LogP contribution is 2.35. The molecule has 1 saturated carbocycles. The van der Waals surface area contributed by atoms with Gasteiger partial charge in [0, 0.05) is 17.3 Å². The Morgan fingerprint density at radius 1 is 1.53 bits per heavy atom. The number of nitrogens with zero attached hydrogens (tertiary/aromatic N) is 1. The Morgan fingerprint density at radius 3 is 2.71 bits per heavy atom. The van der Waals surface area contributed by atoms with E-state index in [9.17, 15) is 15.2 Å². The smallest absolute Gasteiger partial charge is 0.274 e. The maximum absolute atomic E-state index is 10.8. The number of anilines is 1. The van der Waals surface area contributed by atoms with Crippen LogP contribution in [0, 0.1) is 17.0 Å². The number of hydrogen-bond donors (Lipinski definition) is 2. The molecule has 0 bridgehead atoms. The third kappa shape index (κ3) is 2.24. The fraction of sp³-hybridized carbons (Fsp3) is 0.500. The van der Waals surface area contributed by atoms with Crippen molar-refractivity contribution < 1.29 is 10.0 Å². The molecule has 5 heteroatoms. The van der Waals surface area contributed by atoms with Gasteiger partial charge in [-0.25, -0.2) is 0 Å². The van der Waals surface area contributed by atoms with Gasteiger partial charge >= 0.3 is 0 Å². The zero-order valence-corrected chi connectivity index (χ0v) is 9.77. The Bertz CT molecular complexity index is 436. The van der Waals surface area contributed by atoms with Gasteiger partial charge in [-0.15, -0.1) is 0 Å². The number of nitrogens with one attached hydrogen (secondary N) is 1. The van der Waals surface area contributed by atoms with Gasteiger partial charge in [0.1, 0.15) is 0 Å². The van der Waals surface area contributed by atoms with Crippen molar-refractivity contribution in [3.8, 4) is 0 Å². The van der Waals surface area contributed by atoms with E-state index in [-0.39, 0.29) is 22.8 Å². The van der Waals surface area contributed by atoms with Crippen molar-refractivity contribution in [3.63, 3.8) is 0 Å². The summed E-state index contributed by atoms with van der Waals surface area (Å²) in [7, 11) is 0. The predicted molar refractivity (Wildman–Crippen MR) is 65.1 cm³/mol. The molecule has 0 heterocycles. The van der Waals surface area contributed by atoms with E-state index in [0.717, 1.165) is 19.3 Å². The normalized spacial score (nSPS) is 17.3. The minimum atomic E-state index is -0.382. The van der Waals surface area contributed by atoms with Crippen molar-refractivity contribution in [2.75, 3.05) is 11.9 Å². The van der Waals surface area contributed by atoms with Gasteiger partial charge in [0.25, 0.3) is 5.69 Å². The zero-order chi connectivity index (χ0) is 12.5. The lowest BCUT2D eigenvalue weighted by atomic mass is 9.77. The fourth-order valence-corrected chi connectivity index (χ4v) is 2.12.